The van der Waals surface area contributed by atoms with E-state index in [1.807, 2.05) is 54.6 Å². The number of ether oxygens (including phenoxy) is 1. The Morgan fingerprint density at radius 3 is 2.46 bits per heavy atom. The molecule has 0 unspecified atom stereocenters. The van der Waals surface area contributed by atoms with Crippen LogP contribution in [0.5, 0.6) is 5.75 Å². The van der Waals surface area contributed by atoms with E-state index in [1.165, 1.54) is 0 Å². The van der Waals surface area contributed by atoms with Crippen molar-refractivity contribution in [2.75, 3.05) is 12.0 Å². The maximum atomic E-state index is 13.5. The van der Waals surface area contributed by atoms with Crippen molar-refractivity contribution in [3.63, 3.8) is 0 Å². The fraction of sp³-hybridized carbons (Fsp3) is 0.172. The molecular formula is C29H25ClN2O3. The van der Waals surface area contributed by atoms with Crippen LogP contribution in [0, 0.1) is 5.41 Å². The molecule has 0 saturated carbocycles. The van der Waals surface area contributed by atoms with Gasteiger partial charge in [0.1, 0.15) is 17.3 Å². The Bertz CT molecular complexity index is 1360. The standard InChI is InChI=1S/C29H25ClN2O3/c1-35-22-15-13-18(14-16-22)25-26-23(11-6-12-24(26)33)32(21-10-5-9-20(30)17-21)29(31)27(25)28(34)19-7-3-2-4-8-19/h2-5,7-10,13-17,25,31,34H,6,11-12H2,1H3/b28-27+,31-29?/t25-/m0/s1. The van der Waals surface area contributed by atoms with Gasteiger partial charge in [0.05, 0.1) is 7.11 Å². The van der Waals surface area contributed by atoms with Crippen molar-refractivity contribution in [1.82, 2.24) is 0 Å². The van der Waals surface area contributed by atoms with Crippen LogP contribution >= 0.6 is 11.6 Å². The Morgan fingerprint density at radius 2 is 1.77 bits per heavy atom. The molecule has 0 bridgehead atoms. The van der Waals surface area contributed by atoms with Crippen LogP contribution in [0.3, 0.4) is 0 Å². The summed E-state index contributed by atoms with van der Waals surface area (Å²) in [5.74, 6) is 0.259. The molecule has 1 heterocycles. The zero-order valence-electron chi connectivity index (χ0n) is 19.3. The van der Waals surface area contributed by atoms with Crippen LogP contribution in [0.1, 0.15) is 36.3 Å². The predicted molar refractivity (Wildman–Crippen MR) is 139 cm³/mol. The molecule has 0 fully saturated rings. The zero-order valence-corrected chi connectivity index (χ0v) is 20.0. The second-order valence-corrected chi connectivity index (χ2v) is 9.07. The molecule has 1 atom stereocenters. The predicted octanol–water partition coefficient (Wildman–Crippen LogP) is 6.91. The number of rotatable bonds is 4. The van der Waals surface area contributed by atoms with E-state index >= 15 is 0 Å². The molecule has 5 nitrogen and oxygen atoms in total. The van der Waals surface area contributed by atoms with E-state index in [1.54, 1.807) is 36.3 Å². The quantitative estimate of drug-likeness (QED) is 0.395. The van der Waals surface area contributed by atoms with Crippen molar-refractivity contribution in [3.05, 3.63) is 112 Å². The van der Waals surface area contributed by atoms with Gasteiger partial charge in [-0.25, -0.2) is 0 Å². The average molecular weight is 485 g/mol. The van der Waals surface area contributed by atoms with E-state index in [4.69, 9.17) is 16.3 Å². The Balaban J connectivity index is 1.82. The molecule has 1 aliphatic heterocycles. The summed E-state index contributed by atoms with van der Waals surface area (Å²) in [6.07, 6.45) is 1.80. The summed E-state index contributed by atoms with van der Waals surface area (Å²) >= 11 is 6.31. The van der Waals surface area contributed by atoms with Crippen LogP contribution in [0.4, 0.5) is 5.69 Å². The number of aliphatic hydroxyl groups is 1. The Hall–Kier alpha value is -3.83. The minimum absolute atomic E-state index is 0.0200. The van der Waals surface area contributed by atoms with Crippen molar-refractivity contribution in [2.24, 2.45) is 0 Å². The van der Waals surface area contributed by atoms with Crippen molar-refractivity contribution < 1.29 is 14.6 Å². The number of hydrogen-bond acceptors (Lipinski definition) is 4. The zero-order chi connectivity index (χ0) is 24.5. The lowest BCUT2D eigenvalue weighted by atomic mass is 9.73. The van der Waals surface area contributed by atoms with Gasteiger partial charge in [-0.2, -0.15) is 0 Å². The van der Waals surface area contributed by atoms with E-state index in [2.05, 4.69) is 0 Å². The van der Waals surface area contributed by atoms with Crippen LogP contribution < -0.4 is 9.64 Å². The lowest BCUT2D eigenvalue weighted by molar-refractivity contribution is -0.116. The summed E-state index contributed by atoms with van der Waals surface area (Å²) in [5.41, 5.74) is 3.89. The number of nitrogens with one attached hydrogen (secondary N) is 1. The number of hydrogen-bond donors (Lipinski definition) is 2. The molecule has 0 amide bonds. The van der Waals surface area contributed by atoms with Crippen molar-refractivity contribution in [3.8, 4) is 5.75 Å². The molecule has 0 saturated heterocycles. The molecule has 3 aromatic rings. The number of benzene rings is 3. The topological polar surface area (TPSA) is 73.6 Å². The van der Waals surface area contributed by atoms with E-state index in [-0.39, 0.29) is 17.4 Å². The maximum Gasteiger partial charge on any atom is 0.161 e. The SMILES string of the molecule is COc1ccc([C@H]2C3=C(CCCC3=O)N(c3cccc(Cl)c3)C(=N)/C2=C(/O)c2ccccc2)cc1. The number of anilines is 1. The molecule has 2 N–H and O–H groups in total. The number of allylic oxidation sites excluding steroid dienone is 2. The first-order valence-electron chi connectivity index (χ1n) is 11.5. The molecule has 0 aromatic heterocycles. The van der Waals surface area contributed by atoms with Crippen LogP contribution in [0.15, 0.2) is 95.7 Å². The van der Waals surface area contributed by atoms with Gasteiger partial charge in [0.2, 0.25) is 0 Å². The lowest BCUT2D eigenvalue weighted by Crippen LogP contribution is -2.42. The Kier molecular flexibility index (Phi) is 6.18. The molecule has 6 heteroatoms. The van der Waals surface area contributed by atoms with Crippen molar-refractivity contribution in [2.45, 2.75) is 25.2 Å². The number of ketones is 1. The third-order valence-electron chi connectivity index (χ3n) is 6.57. The number of aliphatic hydroxyl groups excluding tert-OH is 1. The van der Waals surface area contributed by atoms with Crippen LogP contribution in [-0.2, 0) is 4.79 Å². The van der Waals surface area contributed by atoms with Crippen LogP contribution in [-0.4, -0.2) is 23.8 Å². The molecule has 2 aliphatic rings. The number of Topliss-reactive ketones (excluding diaryl/α,β-unsaturated/α-hetero) is 1. The second-order valence-electron chi connectivity index (χ2n) is 8.64. The Labute approximate surface area is 209 Å². The van der Waals surface area contributed by atoms with Gasteiger partial charge in [-0.3, -0.25) is 15.1 Å². The summed E-state index contributed by atoms with van der Waals surface area (Å²) in [6.45, 7) is 0. The van der Waals surface area contributed by atoms with E-state index < -0.39 is 5.92 Å². The first kappa shape index (κ1) is 22.9. The minimum Gasteiger partial charge on any atom is -0.507 e. The van der Waals surface area contributed by atoms with E-state index in [0.29, 0.717) is 52.4 Å². The highest BCUT2D eigenvalue weighted by atomic mass is 35.5. The highest BCUT2D eigenvalue weighted by Crippen LogP contribution is 2.48. The van der Waals surface area contributed by atoms with Crippen LogP contribution in [0.2, 0.25) is 5.02 Å². The number of amidine groups is 1. The molecule has 35 heavy (non-hydrogen) atoms. The molecule has 176 valence electrons. The summed E-state index contributed by atoms with van der Waals surface area (Å²) < 4.78 is 5.33. The second kappa shape index (κ2) is 9.43. The summed E-state index contributed by atoms with van der Waals surface area (Å²) in [7, 11) is 1.60. The largest absolute Gasteiger partial charge is 0.507 e. The van der Waals surface area contributed by atoms with Gasteiger partial charge in [-0.05, 0) is 48.7 Å². The number of carbonyl (C=O) groups is 1. The van der Waals surface area contributed by atoms with Gasteiger partial charge >= 0.3 is 0 Å². The van der Waals surface area contributed by atoms with Gasteiger partial charge in [-0.15, -0.1) is 0 Å². The molecule has 3 aromatic carbocycles. The first-order chi connectivity index (χ1) is 17.0. The lowest BCUT2D eigenvalue weighted by Gasteiger charge is -2.41. The smallest absolute Gasteiger partial charge is 0.161 e. The van der Waals surface area contributed by atoms with Gasteiger partial charge in [0.15, 0.2) is 5.78 Å². The molecular weight excluding hydrogens is 460 g/mol. The van der Waals surface area contributed by atoms with Gasteiger partial charge in [-0.1, -0.05) is 60.1 Å². The monoisotopic (exact) mass is 484 g/mol. The van der Waals surface area contributed by atoms with Gasteiger partial charge in [0, 0.05) is 45.5 Å². The average Bonchev–Trinajstić information content (AvgIpc) is 2.88. The maximum absolute atomic E-state index is 13.5. The number of methoxy groups -OCH3 is 1. The molecule has 0 radical (unpaired) electrons. The molecule has 0 spiro atoms. The van der Waals surface area contributed by atoms with E-state index in [0.717, 1.165) is 11.3 Å². The first-order valence-corrected chi connectivity index (χ1v) is 11.9. The highest BCUT2D eigenvalue weighted by Gasteiger charge is 2.43. The normalized spacial score (nSPS) is 19.5. The number of halogens is 1. The molecule has 5 rings (SSSR count). The minimum atomic E-state index is -0.577. The van der Waals surface area contributed by atoms with Gasteiger partial charge < -0.3 is 9.84 Å². The van der Waals surface area contributed by atoms with Gasteiger partial charge in [0.25, 0.3) is 0 Å². The number of nitrogens with zero attached hydrogens (tertiary/aromatic N) is 1. The summed E-state index contributed by atoms with van der Waals surface area (Å²) in [5, 5.41) is 21.4. The fourth-order valence-corrected chi connectivity index (χ4v) is 5.16. The van der Waals surface area contributed by atoms with E-state index in [9.17, 15) is 15.3 Å². The summed E-state index contributed by atoms with van der Waals surface area (Å²) in [6, 6.07) is 23.9. The molecule has 1 aliphatic carbocycles. The third-order valence-corrected chi connectivity index (χ3v) is 6.81. The van der Waals surface area contributed by atoms with Crippen LogP contribution in [0.25, 0.3) is 5.76 Å². The van der Waals surface area contributed by atoms with Crippen molar-refractivity contribution >= 4 is 34.7 Å². The fourth-order valence-electron chi connectivity index (χ4n) is 4.97. The summed E-state index contributed by atoms with van der Waals surface area (Å²) in [4.78, 5) is 15.3. The third kappa shape index (κ3) is 4.13. The highest BCUT2D eigenvalue weighted by molar-refractivity contribution is 6.31. The Morgan fingerprint density at radius 1 is 1.03 bits per heavy atom. The van der Waals surface area contributed by atoms with Crippen molar-refractivity contribution in [1.29, 1.82) is 5.41 Å². The number of carbonyl (C=O) groups excluding carboxylic acids is 1.